The first-order chi connectivity index (χ1) is 9.27. The molecular weight excluding hydrogens is 232 g/mol. The van der Waals surface area contributed by atoms with Crippen LogP contribution in [-0.4, -0.2) is 20.1 Å². The summed E-state index contributed by atoms with van der Waals surface area (Å²) >= 11 is 0. The van der Waals surface area contributed by atoms with Crippen molar-refractivity contribution in [2.45, 2.75) is 50.4 Å². The van der Waals surface area contributed by atoms with E-state index in [9.17, 15) is 0 Å². The average molecular weight is 258 g/mol. The molecule has 1 aromatic rings. The zero-order chi connectivity index (χ0) is 13.3. The number of hydrogen-bond donors (Lipinski definition) is 1. The van der Waals surface area contributed by atoms with E-state index in [4.69, 9.17) is 5.73 Å². The Labute approximate surface area is 117 Å². The van der Waals surface area contributed by atoms with Gasteiger partial charge in [-0.3, -0.25) is 0 Å². The van der Waals surface area contributed by atoms with Gasteiger partial charge in [-0.15, -0.1) is 0 Å². The number of anilines is 1. The molecule has 104 valence electrons. The maximum absolute atomic E-state index is 6.22. The van der Waals surface area contributed by atoms with E-state index in [1.807, 2.05) is 0 Å². The molecule has 0 spiro atoms. The largest absolute Gasteiger partial charge is 0.374 e. The average Bonchev–Trinajstić information content (AvgIpc) is 2.48. The molecule has 3 rings (SSSR count). The van der Waals surface area contributed by atoms with Crippen LogP contribution in [0, 0.1) is 0 Å². The summed E-state index contributed by atoms with van der Waals surface area (Å²) in [4.78, 5) is 2.41. The van der Waals surface area contributed by atoms with Crippen LogP contribution in [0.3, 0.4) is 0 Å². The van der Waals surface area contributed by atoms with Crippen molar-refractivity contribution >= 4 is 5.69 Å². The Bertz CT molecular complexity index is 447. The Morgan fingerprint density at radius 3 is 2.68 bits per heavy atom. The van der Waals surface area contributed by atoms with E-state index < -0.39 is 0 Å². The standard InChI is InChI=1S/C17H26N2/c1-19-12-6-7-14-15(8-5-9-16(14)19)17(13-18)10-3-2-4-11-17/h5,8-9H,2-4,6-7,10-13,18H2,1H3. The molecule has 2 heteroatoms. The summed E-state index contributed by atoms with van der Waals surface area (Å²) in [6.07, 6.45) is 9.15. The Morgan fingerprint density at radius 2 is 1.95 bits per heavy atom. The van der Waals surface area contributed by atoms with Gasteiger partial charge in [-0.05, 0) is 42.9 Å². The fourth-order valence-corrected chi connectivity index (χ4v) is 4.12. The monoisotopic (exact) mass is 258 g/mol. The number of fused-ring (bicyclic) bond motifs is 1. The summed E-state index contributed by atoms with van der Waals surface area (Å²) in [6.45, 7) is 2.00. The van der Waals surface area contributed by atoms with Crippen LogP contribution >= 0.6 is 0 Å². The van der Waals surface area contributed by atoms with Crippen LogP contribution < -0.4 is 10.6 Å². The molecule has 1 aliphatic heterocycles. The van der Waals surface area contributed by atoms with Crippen molar-refractivity contribution < 1.29 is 0 Å². The van der Waals surface area contributed by atoms with Gasteiger partial charge < -0.3 is 10.6 Å². The number of rotatable bonds is 2. The van der Waals surface area contributed by atoms with Crippen molar-refractivity contribution in [2.24, 2.45) is 5.73 Å². The van der Waals surface area contributed by atoms with Gasteiger partial charge in [-0.2, -0.15) is 0 Å². The third kappa shape index (κ3) is 2.16. The first-order valence-corrected chi connectivity index (χ1v) is 7.80. The molecule has 0 unspecified atom stereocenters. The smallest absolute Gasteiger partial charge is 0.0399 e. The van der Waals surface area contributed by atoms with E-state index in [0.29, 0.717) is 0 Å². The molecule has 0 saturated heterocycles. The van der Waals surface area contributed by atoms with Crippen LogP contribution in [0.5, 0.6) is 0 Å². The topological polar surface area (TPSA) is 29.3 Å². The minimum atomic E-state index is 0.266. The van der Waals surface area contributed by atoms with Gasteiger partial charge in [0, 0.05) is 31.2 Å². The number of nitrogens with zero attached hydrogens (tertiary/aromatic N) is 1. The fourth-order valence-electron chi connectivity index (χ4n) is 4.12. The number of hydrogen-bond acceptors (Lipinski definition) is 2. The second-order valence-corrected chi connectivity index (χ2v) is 6.37. The molecule has 1 heterocycles. The van der Waals surface area contributed by atoms with E-state index in [2.05, 4.69) is 30.1 Å². The van der Waals surface area contributed by atoms with Crippen LogP contribution in [-0.2, 0) is 11.8 Å². The van der Waals surface area contributed by atoms with Gasteiger partial charge in [0.05, 0.1) is 0 Å². The maximum atomic E-state index is 6.22. The molecule has 1 aliphatic carbocycles. The molecule has 1 fully saturated rings. The molecule has 2 N–H and O–H groups in total. The predicted molar refractivity (Wildman–Crippen MR) is 81.9 cm³/mol. The molecule has 0 radical (unpaired) electrons. The first kappa shape index (κ1) is 13.0. The van der Waals surface area contributed by atoms with Crippen molar-refractivity contribution in [3.8, 4) is 0 Å². The molecule has 19 heavy (non-hydrogen) atoms. The molecule has 2 aliphatic rings. The van der Waals surface area contributed by atoms with Gasteiger partial charge in [0.25, 0.3) is 0 Å². The lowest BCUT2D eigenvalue weighted by molar-refractivity contribution is 0.298. The van der Waals surface area contributed by atoms with Crippen LogP contribution in [0.2, 0.25) is 0 Å². The van der Waals surface area contributed by atoms with Gasteiger partial charge in [0.15, 0.2) is 0 Å². The van der Waals surface area contributed by atoms with Crippen molar-refractivity contribution in [1.29, 1.82) is 0 Å². The van der Waals surface area contributed by atoms with Gasteiger partial charge in [0.2, 0.25) is 0 Å². The van der Waals surface area contributed by atoms with E-state index in [-0.39, 0.29) is 5.41 Å². The van der Waals surface area contributed by atoms with E-state index in [1.165, 1.54) is 57.2 Å². The molecule has 0 aromatic heterocycles. The summed E-state index contributed by atoms with van der Waals surface area (Å²) in [5, 5.41) is 0. The van der Waals surface area contributed by atoms with Gasteiger partial charge in [-0.1, -0.05) is 31.4 Å². The summed E-state index contributed by atoms with van der Waals surface area (Å²) in [6, 6.07) is 6.88. The zero-order valence-corrected chi connectivity index (χ0v) is 12.1. The lowest BCUT2D eigenvalue weighted by Crippen LogP contribution is -2.39. The summed E-state index contributed by atoms with van der Waals surface area (Å²) in [5.41, 5.74) is 11.1. The van der Waals surface area contributed by atoms with E-state index in [1.54, 1.807) is 11.1 Å². The van der Waals surface area contributed by atoms with Gasteiger partial charge in [0.1, 0.15) is 0 Å². The minimum Gasteiger partial charge on any atom is -0.374 e. The van der Waals surface area contributed by atoms with Crippen LogP contribution in [0.15, 0.2) is 18.2 Å². The number of benzene rings is 1. The quantitative estimate of drug-likeness (QED) is 0.882. The Hall–Kier alpha value is -1.02. The Morgan fingerprint density at radius 1 is 1.16 bits per heavy atom. The van der Waals surface area contributed by atoms with Gasteiger partial charge >= 0.3 is 0 Å². The summed E-state index contributed by atoms with van der Waals surface area (Å²) < 4.78 is 0. The van der Waals surface area contributed by atoms with E-state index >= 15 is 0 Å². The highest BCUT2D eigenvalue weighted by molar-refractivity contribution is 5.59. The molecule has 0 bridgehead atoms. The molecule has 1 aromatic carbocycles. The van der Waals surface area contributed by atoms with E-state index in [0.717, 1.165) is 6.54 Å². The highest BCUT2D eigenvalue weighted by Crippen LogP contribution is 2.43. The molecule has 1 saturated carbocycles. The Kier molecular flexibility index (Phi) is 3.53. The SMILES string of the molecule is CN1CCCc2c1cccc2C1(CN)CCCCC1. The van der Waals surface area contributed by atoms with Crippen molar-refractivity contribution in [1.82, 2.24) is 0 Å². The lowest BCUT2D eigenvalue weighted by Gasteiger charge is -2.40. The third-order valence-electron chi connectivity index (χ3n) is 5.26. The van der Waals surface area contributed by atoms with Gasteiger partial charge in [-0.25, -0.2) is 0 Å². The first-order valence-electron chi connectivity index (χ1n) is 7.80. The molecule has 2 nitrogen and oxygen atoms in total. The highest BCUT2D eigenvalue weighted by Gasteiger charge is 2.35. The van der Waals surface area contributed by atoms with Crippen molar-refractivity contribution in [2.75, 3.05) is 25.0 Å². The Balaban J connectivity index is 2.06. The normalized spacial score (nSPS) is 22.1. The minimum absolute atomic E-state index is 0.266. The zero-order valence-electron chi connectivity index (χ0n) is 12.1. The second-order valence-electron chi connectivity index (χ2n) is 6.37. The highest BCUT2D eigenvalue weighted by atomic mass is 15.1. The van der Waals surface area contributed by atoms with Crippen molar-refractivity contribution in [3.05, 3.63) is 29.3 Å². The maximum Gasteiger partial charge on any atom is 0.0399 e. The summed E-state index contributed by atoms with van der Waals surface area (Å²) in [5.74, 6) is 0. The van der Waals surface area contributed by atoms with Crippen molar-refractivity contribution in [3.63, 3.8) is 0 Å². The number of nitrogens with two attached hydrogens (primary N) is 1. The molecular formula is C17H26N2. The summed E-state index contributed by atoms with van der Waals surface area (Å²) in [7, 11) is 2.22. The van der Waals surface area contributed by atoms with Crippen LogP contribution in [0.25, 0.3) is 0 Å². The predicted octanol–water partition coefficient (Wildman–Crippen LogP) is 3.23. The third-order valence-corrected chi connectivity index (χ3v) is 5.26. The van der Waals surface area contributed by atoms with Crippen LogP contribution in [0.1, 0.15) is 49.7 Å². The van der Waals surface area contributed by atoms with Crippen LogP contribution in [0.4, 0.5) is 5.69 Å². The molecule has 0 amide bonds. The fraction of sp³-hybridized carbons (Fsp3) is 0.647. The second kappa shape index (κ2) is 5.16. The molecule has 0 atom stereocenters. The lowest BCUT2D eigenvalue weighted by atomic mass is 9.67.